The molecule has 0 aliphatic carbocycles. The molecule has 1 aliphatic rings. The van der Waals surface area contributed by atoms with Crippen LogP contribution < -0.4 is 5.73 Å². The predicted octanol–water partition coefficient (Wildman–Crippen LogP) is 2.39. The van der Waals surface area contributed by atoms with Crippen LogP contribution >= 0.6 is 12.2 Å². The van der Waals surface area contributed by atoms with Gasteiger partial charge in [-0.15, -0.1) is 0 Å². The van der Waals surface area contributed by atoms with Crippen molar-refractivity contribution in [2.75, 3.05) is 13.1 Å². The first kappa shape index (κ1) is 14.0. The van der Waals surface area contributed by atoms with Crippen LogP contribution in [0.2, 0.25) is 0 Å². The molecule has 1 aromatic carbocycles. The molecule has 0 aromatic heterocycles. The first-order valence-electron chi connectivity index (χ1n) is 6.73. The standard InChI is InChI=1S/C15H20N2OS/c1-11-6-8-17(9-7-11)15(18)13-5-3-2-4-12(13)10-14(16)19/h2-5,11H,6-10H2,1H3,(H2,16,19). The average Bonchev–Trinajstić information content (AvgIpc) is 2.39. The number of likely N-dealkylation sites (tertiary alicyclic amines) is 1. The number of carbonyl (C=O) groups excluding carboxylic acids is 1. The van der Waals surface area contributed by atoms with E-state index < -0.39 is 0 Å². The van der Waals surface area contributed by atoms with Crippen LogP contribution in [0.3, 0.4) is 0 Å². The van der Waals surface area contributed by atoms with Gasteiger partial charge in [0.25, 0.3) is 5.91 Å². The summed E-state index contributed by atoms with van der Waals surface area (Å²) in [6, 6.07) is 7.61. The molecule has 1 aromatic rings. The Kier molecular flexibility index (Phi) is 4.53. The van der Waals surface area contributed by atoms with Crippen LogP contribution in [0.5, 0.6) is 0 Å². The minimum atomic E-state index is 0.110. The van der Waals surface area contributed by atoms with Crippen LogP contribution in [0.1, 0.15) is 35.7 Å². The van der Waals surface area contributed by atoms with Gasteiger partial charge in [-0.3, -0.25) is 4.79 Å². The molecule has 1 heterocycles. The molecule has 1 fully saturated rings. The summed E-state index contributed by atoms with van der Waals surface area (Å²) in [4.78, 5) is 14.9. The van der Waals surface area contributed by atoms with Crippen molar-refractivity contribution in [1.82, 2.24) is 4.90 Å². The summed E-state index contributed by atoms with van der Waals surface area (Å²) in [6.45, 7) is 3.94. The number of carbonyl (C=O) groups is 1. The number of hydrogen-bond acceptors (Lipinski definition) is 2. The molecular weight excluding hydrogens is 256 g/mol. The number of hydrogen-bond donors (Lipinski definition) is 1. The number of benzene rings is 1. The second-order valence-corrected chi connectivity index (χ2v) is 5.80. The molecule has 1 aliphatic heterocycles. The van der Waals surface area contributed by atoms with E-state index in [-0.39, 0.29) is 5.91 Å². The Morgan fingerprint density at radius 1 is 1.37 bits per heavy atom. The smallest absolute Gasteiger partial charge is 0.254 e. The summed E-state index contributed by atoms with van der Waals surface area (Å²) >= 11 is 4.95. The first-order chi connectivity index (χ1) is 9.08. The van der Waals surface area contributed by atoms with Crippen molar-refractivity contribution in [3.05, 3.63) is 35.4 Å². The predicted molar refractivity (Wildman–Crippen MR) is 81.2 cm³/mol. The summed E-state index contributed by atoms with van der Waals surface area (Å²) in [5, 5.41) is 0. The maximum atomic E-state index is 12.6. The van der Waals surface area contributed by atoms with Crippen LogP contribution in [0.15, 0.2) is 24.3 Å². The van der Waals surface area contributed by atoms with Crippen LogP contribution in [-0.4, -0.2) is 28.9 Å². The van der Waals surface area contributed by atoms with Gasteiger partial charge >= 0.3 is 0 Å². The summed E-state index contributed by atoms with van der Waals surface area (Å²) in [6.07, 6.45) is 2.66. The maximum Gasteiger partial charge on any atom is 0.254 e. The molecule has 19 heavy (non-hydrogen) atoms. The highest BCUT2D eigenvalue weighted by Gasteiger charge is 2.22. The van der Waals surface area contributed by atoms with Crippen LogP contribution in [0.25, 0.3) is 0 Å². The van der Waals surface area contributed by atoms with Gasteiger partial charge in [-0.05, 0) is 30.4 Å². The topological polar surface area (TPSA) is 46.3 Å². The molecular formula is C15H20N2OS. The highest BCUT2D eigenvalue weighted by Crippen LogP contribution is 2.20. The van der Waals surface area contributed by atoms with Gasteiger partial charge in [-0.1, -0.05) is 37.3 Å². The van der Waals surface area contributed by atoms with Crippen molar-refractivity contribution in [2.24, 2.45) is 11.7 Å². The normalized spacial score (nSPS) is 16.4. The summed E-state index contributed by atoms with van der Waals surface area (Å²) in [7, 11) is 0. The van der Waals surface area contributed by atoms with Gasteiger partial charge in [-0.2, -0.15) is 0 Å². The highest BCUT2D eigenvalue weighted by atomic mass is 32.1. The molecule has 1 saturated heterocycles. The maximum absolute atomic E-state index is 12.6. The third kappa shape index (κ3) is 3.53. The van der Waals surface area contributed by atoms with E-state index in [0.29, 0.717) is 11.4 Å². The van der Waals surface area contributed by atoms with Crippen LogP contribution in [0.4, 0.5) is 0 Å². The van der Waals surface area contributed by atoms with Crippen molar-refractivity contribution in [3.63, 3.8) is 0 Å². The van der Waals surface area contributed by atoms with Gasteiger partial charge in [-0.25, -0.2) is 0 Å². The van der Waals surface area contributed by atoms with Gasteiger partial charge < -0.3 is 10.6 Å². The number of thiocarbonyl (C=S) groups is 1. The molecule has 1 amide bonds. The third-order valence-electron chi connectivity index (χ3n) is 3.68. The quantitative estimate of drug-likeness (QED) is 0.862. The molecule has 2 rings (SSSR count). The molecule has 0 saturated carbocycles. The third-order valence-corrected chi connectivity index (χ3v) is 3.83. The highest BCUT2D eigenvalue weighted by molar-refractivity contribution is 7.80. The Labute approximate surface area is 119 Å². The lowest BCUT2D eigenvalue weighted by Gasteiger charge is -2.30. The number of rotatable bonds is 3. The van der Waals surface area contributed by atoms with Crippen molar-refractivity contribution in [1.29, 1.82) is 0 Å². The molecule has 0 unspecified atom stereocenters. The molecule has 3 nitrogen and oxygen atoms in total. The number of piperidine rings is 1. The average molecular weight is 276 g/mol. The zero-order valence-corrected chi connectivity index (χ0v) is 12.1. The SMILES string of the molecule is CC1CCN(C(=O)c2ccccc2CC(N)=S)CC1. The second-order valence-electron chi connectivity index (χ2n) is 5.27. The molecule has 0 atom stereocenters. The largest absolute Gasteiger partial charge is 0.393 e. The van der Waals surface area contributed by atoms with E-state index in [1.165, 1.54) is 0 Å². The van der Waals surface area contributed by atoms with E-state index in [2.05, 4.69) is 6.92 Å². The Bertz CT molecular complexity index is 479. The fourth-order valence-corrected chi connectivity index (χ4v) is 2.61. The summed E-state index contributed by atoms with van der Waals surface area (Å²) in [5.74, 6) is 0.828. The van der Waals surface area contributed by atoms with E-state index in [9.17, 15) is 4.79 Å². The van der Waals surface area contributed by atoms with Crippen molar-refractivity contribution in [2.45, 2.75) is 26.2 Å². The van der Waals surface area contributed by atoms with E-state index in [1.54, 1.807) is 0 Å². The van der Waals surface area contributed by atoms with Crippen molar-refractivity contribution >= 4 is 23.1 Å². The molecule has 4 heteroatoms. The van der Waals surface area contributed by atoms with E-state index >= 15 is 0 Å². The number of nitrogens with zero attached hydrogens (tertiary/aromatic N) is 1. The molecule has 0 bridgehead atoms. The fourth-order valence-electron chi connectivity index (χ4n) is 2.45. The fraction of sp³-hybridized carbons (Fsp3) is 0.467. The minimum absolute atomic E-state index is 0.110. The summed E-state index contributed by atoms with van der Waals surface area (Å²) < 4.78 is 0. The zero-order chi connectivity index (χ0) is 13.8. The molecule has 102 valence electrons. The Morgan fingerprint density at radius 3 is 2.63 bits per heavy atom. The number of amides is 1. The van der Waals surface area contributed by atoms with Crippen molar-refractivity contribution in [3.8, 4) is 0 Å². The monoisotopic (exact) mass is 276 g/mol. The Morgan fingerprint density at radius 2 is 2.00 bits per heavy atom. The lowest BCUT2D eigenvalue weighted by Crippen LogP contribution is -2.38. The molecule has 0 spiro atoms. The molecule has 0 radical (unpaired) electrons. The van der Waals surface area contributed by atoms with E-state index in [4.69, 9.17) is 18.0 Å². The number of nitrogens with two attached hydrogens (primary N) is 1. The van der Waals surface area contributed by atoms with Crippen molar-refractivity contribution < 1.29 is 4.79 Å². The van der Waals surface area contributed by atoms with Crippen LogP contribution in [0, 0.1) is 5.92 Å². The van der Waals surface area contributed by atoms with E-state index in [1.807, 2.05) is 29.2 Å². The molecule has 2 N–H and O–H groups in total. The second kappa shape index (κ2) is 6.15. The van der Waals surface area contributed by atoms with Gasteiger partial charge in [0.1, 0.15) is 0 Å². The van der Waals surface area contributed by atoms with Gasteiger partial charge in [0.05, 0.1) is 4.99 Å². The van der Waals surface area contributed by atoms with E-state index in [0.717, 1.165) is 43.0 Å². The van der Waals surface area contributed by atoms with Gasteiger partial charge in [0, 0.05) is 25.1 Å². The lowest BCUT2D eigenvalue weighted by atomic mass is 9.97. The Balaban J connectivity index is 2.16. The first-order valence-corrected chi connectivity index (χ1v) is 7.14. The van der Waals surface area contributed by atoms with Gasteiger partial charge in [0.2, 0.25) is 0 Å². The summed E-state index contributed by atoms with van der Waals surface area (Å²) in [5.41, 5.74) is 7.27. The van der Waals surface area contributed by atoms with Crippen LogP contribution in [-0.2, 0) is 6.42 Å². The Hall–Kier alpha value is -1.42. The zero-order valence-electron chi connectivity index (χ0n) is 11.3. The minimum Gasteiger partial charge on any atom is -0.393 e. The lowest BCUT2D eigenvalue weighted by molar-refractivity contribution is 0.0696. The van der Waals surface area contributed by atoms with Gasteiger partial charge in [0.15, 0.2) is 0 Å².